The molecule has 1 amide bonds. The molecule has 0 aliphatic rings. The number of aryl methyl sites for hydroxylation is 1. The maximum absolute atomic E-state index is 12.4. The molecule has 0 saturated carbocycles. The molecule has 6 nitrogen and oxygen atoms in total. The third-order valence-corrected chi connectivity index (χ3v) is 3.41. The number of pyridine rings is 1. The van der Waals surface area contributed by atoms with E-state index in [0.29, 0.717) is 28.5 Å². The van der Waals surface area contributed by atoms with Crippen LogP contribution in [0.2, 0.25) is 5.02 Å². The number of aliphatic carboxylic acids is 1. The van der Waals surface area contributed by atoms with E-state index in [4.69, 9.17) is 16.7 Å². The predicted octanol–water partition coefficient (Wildman–Crippen LogP) is 2.14. The highest BCUT2D eigenvalue weighted by Crippen LogP contribution is 2.18. The van der Waals surface area contributed by atoms with Crippen molar-refractivity contribution in [3.8, 4) is 0 Å². The van der Waals surface area contributed by atoms with Gasteiger partial charge in [0.15, 0.2) is 0 Å². The average Bonchev–Trinajstić information content (AvgIpc) is 2.75. The Labute approximate surface area is 126 Å². The Bertz CT molecular complexity index is 722. The van der Waals surface area contributed by atoms with Crippen LogP contribution in [-0.4, -0.2) is 31.9 Å². The fourth-order valence-corrected chi connectivity index (χ4v) is 2.11. The summed E-state index contributed by atoms with van der Waals surface area (Å²) in [6.45, 7) is 4.74. The van der Waals surface area contributed by atoms with Crippen molar-refractivity contribution in [2.45, 2.75) is 32.7 Å². The first-order chi connectivity index (χ1) is 9.76. The summed E-state index contributed by atoms with van der Waals surface area (Å²) < 4.78 is 1.61. The first-order valence-corrected chi connectivity index (χ1v) is 6.86. The molecule has 2 aromatic rings. The smallest absolute Gasteiger partial charge is 0.328 e. The number of amides is 1. The number of carboxylic acids is 1. The van der Waals surface area contributed by atoms with Crippen LogP contribution in [0.15, 0.2) is 18.3 Å². The first-order valence-electron chi connectivity index (χ1n) is 6.48. The monoisotopic (exact) mass is 309 g/mol. The molecule has 0 atom stereocenters. The molecule has 0 aliphatic carbocycles. The summed E-state index contributed by atoms with van der Waals surface area (Å²) in [7, 11) is 0. The minimum atomic E-state index is -1.36. The van der Waals surface area contributed by atoms with Crippen molar-refractivity contribution in [3.63, 3.8) is 0 Å². The van der Waals surface area contributed by atoms with E-state index < -0.39 is 17.4 Å². The Kier molecular flexibility index (Phi) is 3.91. The molecule has 0 aliphatic heterocycles. The highest BCUT2D eigenvalue weighted by Gasteiger charge is 2.31. The fourth-order valence-electron chi connectivity index (χ4n) is 1.95. The Morgan fingerprint density at radius 2 is 2.14 bits per heavy atom. The Hall–Kier alpha value is -2.08. The van der Waals surface area contributed by atoms with Gasteiger partial charge in [-0.1, -0.05) is 18.5 Å². The molecule has 7 heteroatoms. The van der Waals surface area contributed by atoms with Gasteiger partial charge in [0.1, 0.15) is 16.9 Å². The number of nitrogens with zero attached hydrogens (tertiary/aromatic N) is 2. The lowest BCUT2D eigenvalue weighted by Crippen LogP contribution is -2.50. The molecule has 0 bridgehead atoms. The standard InChI is InChI=1S/C14H16ClN3O3/c1-4-9-11(12(19)17-14(2,3)13(20)21)18-6-5-8(15)7-10(18)16-9/h5-7H,4H2,1-3H3,(H,17,19)(H,20,21). The second-order valence-corrected chi connectivity index (χ2v) is 5.65. The molecule has 2 aromatic heterocycles. The fraction of sp³-hybridized carbons (Fsp3) is 0.357. The van der Waals surface area contributed by atoms with Crippen LogP contribution in [0.3, 0.4) is 0 Å². The van der Waals surface area contributed by atoms with Crippen molar-refractivity contribution in [3.05, 3.63) is 34.7 Å². The van der Waals surface area contributed by atoms with Crippen molar-refractivity contribution in [2.75, 3.05) is 0 Å². The van der Waals surface area contributed by atoms with E-state index in [1.165, 1.54) is 13.8 Å². The van der Waals surface area contributed by atoms with Gasteiger partial charge in [0.25, 0.3) is 5.91 Å². The Morgan fingerprint density at radius 3 is 2.71 bits per heavy atom. The van der Waals surface area contributed by atoms with Crippen LogP contribution in [0, 0.1) is 0 Å². The molecule has 2 rings (SSSR count). The number of nitrogens with one attached hydrogen (secondary N) is 1. The molecule has 0 unspecified atom stereocenters. The van der Waals surface area contributed by atoms with Gasteiger partial charge in [-0.15, -0.1) is 0 Å². The SMILES string of the molecule is CCc1nc2cc(Cl)ccn2c1C(=O)NC(C)(C)C(=O)O. The summed E-state index contributed by atoms with van der Waals surface area (Å²) in [6.07, 6.45) is 2.20. The average molecular weight is 310 g/mol. The number of imidazole rings is 1. The van der Waals surface area contributed by atoms with Crippen molar-refractivity contribution >= 4 is 29.1 Å². The van der Waals surface area contributed by atoms with Gasteiger partial charge in [-0.05, 0) is 26.3 Å². The van der Waals surface area contributed by atoms with Crippen LogP contribution < -0.4 is 5.32 Å². The lowest BCUT2D eigenvalue weighted by Gasteiger charge is -2.21. The second-order valence-electron chi connectivity index (χ2n) is 5.22. The predicted molar refractivity (Wildman–Crippen MR) is 78.8 cm³/mol. The van der Waals surface area contributed by atoms with Gasteiger partial charge < -0.3 is 10.4 Å². The minimum absolute atomic E-state index is 0.332. The molecule has 2 heterocycles. The minimum Gasteiger partial charge on any atom is -0.480 e. The summed E-state index contributed by atoms with van der Waals surface area (Å²) >= 11 is 5.92. The van der Waals surface area contributed by atoms with Gasteiger partial charge in [0.2, 0.25) is 0 Å². The zero-order chi connectivity index (χ0) is 15.8. The molecule has 0 aromatic carbocycles. The van der Waals surface area contributed by atoms with Crippen LogP contribution in [-0.2, 0) is 11.2 Å². The molecule has 0 spiro atoms. The van der Waals surface area contributed by atoms with Crippen molar-refractivity contribution in [1.82, 2.24) is 14.7 Å². The summed E-state index contributed by atoms with van der Waals surface area (Å²) in [6, 6.07) is 3.30. The zero-order valence-electron chi connectivity index (χ0n) is 12.0. The van der Waals surface area contributed by atoms with E-state index in [9.17, 15) is 9.59 Å². The maximum atomic E-state index is 12.4. The van der Waals surface area contributed by atoms with Crippen LogP contribution >= 0.6 is 11.6 Å². The van der Waals surface area contributed by atoms with Gasteiger partial charge in [-0.25, -0.2) is 9.78 Å². The van der Waals surface area contributed by atoms with Gasteiger partial charge in [0.05, 0.1) is 5.69 Å². The lowest BCUT2D eigenvalue weighted by atomic mass is 10.1. The number of carbonyl (C=O) groups is 2. The topological polar surface area (TPSA) is 83.7 Å². The van der Waals surface area contributed by atoms with Gasteiger partial charge in [-0.3, -0.25) is 9.20 Å². The van der Waals surface area contributed by atoms with Crippen molar-refractivity contribution in [2.24, 2.45) is 0 Å². The van der Waals surface area contributed by atoms with E-state index in [-0.39, 0.29) is 0 Å². The largest absolute Gasteiger partial charge is 0.480 e. The second kappa shape index (κ2) is 5.37. The van der Waals surface area contributed by atoms with Crippen LogP contribution in [0.5, 0.6) is 0 Å². The lowest BCUT2D eigenvalue weighted by molar-refractivity contribution is -0.143. The van der Waals surface area contributed by atoms with E-state index in [2.05, 4.69) is 10.3 Å². The summed E-state index contributed by atoms with van der Waals surface area (Å²) in [5, 5.41) is 12.1. The third-order valence-electron chi connectivity index (χ3n) is 3.17. The van der Waals surface area contributed by atoms with E-state index >= 15 is 0 Å². The number of carboxylic acid groups (broad SMARTS) is 1. The number of hydrogen-bond acceptors (Lipinski definition) is 3. The van der Waals surface area contributed by atoms with Crippen molar-refractivity contribution < 1.29 is 14.7 Å². The van der Waals surface area contributed by atoms with Gasteiger partial charge in [0, 0.05) is 17.3 Å². The Morgan fingerprint density at radius 1 is 1.48 bits per heavy atom. The number of fused-ring (bicyclic) bond motifs is 1. The van der Waals surface area contributed by atoms with Crippen LogP contribution in [0.4, 0.5) is 0 Å². The molecule has 0 radical (unpaired) electrons. The number of aromatic nitrogens is 2. The first kappa shape index (κ1) is 15.3. The van der Waals surface area contributed by atoms with E-state index in [1.54, 1.807) is 22.7 Å². The molecular formula is C14H16ClN3O3. The van der Waals surface area contributed by atoms with Gasteiger partial charge in [-0.2, -0.15) is 0 Å². The number of halogens is 1. The summed E-state index contributed by atoms with van der Waals surface area (Å²) in [5.74, 6) is -1.58. The zero-order valence-corrected chi connectivity index (χ0v) is 12.7. The summed E-state index contributed by atoms with van der Waals surface area (Å²) in [5.41, 5.74) is 0.116. The van der Waals surface area contributed by atoms with Crippen LogP contribution in [0.1, 0.15) is 37.0 Å². The van der Waals surface area contributed by atoms with Crippen molar-refractivity contribution in [1.29, 1.82) is 0 Å². The van der Waals surface area contributed by atoms with Crippen LogP contribution in [0.25, 0.3) is 5.65 Å². The normalized spacial score (nSPS) is 11.6. The number of hydrogen-bond donors (Lipinski definition) is 2. The number of carbonyl (C=O) groups excluding carboxylic acids is 1. The quantitative estimate of drug-likeness (QED) is 0.906. The highest BCUT2D eigenvalue weighted by atomic mass is 35.5. The molecular weight excluding hydrogens is 294 g/mol. The molecule has 112 valence electrons. The molecule has 0 saturated heterocycles. The maximum Gasteiger partial charge on any atom is 0.328 e. The van der Waals surface area contributed by atoms with Gasteiger partial charge >= 0.3 is 5.97 Å². The molecule has 2 N–H and O–H groups in total. The Balaban J connectivity index is 2.50. The van der Waals surface area contributed by atoms with E-state index in [1.807, 2.05) is 6.92 Å². The van der Waals surface area contributed by atoms with E-state index in [0.717, 1.165) is 0 Å². The summed E-state index contributed by atoms with van der Waals surface area (Å²) in [4.78, 5) is 27.9. The molecule has 0 fully saturated rings. The third kappa shape index (κ3) is 2.85. The molecule has 21 heavy (non-hydrogen) atoms. The number of rotatable bonds is 4. The highest BCUT2D eigenvalue weighted by molar-refractivity contribution is 6.30.